The number of benzene rings is 8. The first-order chi connectivity index (χ1) is 33.7. The van der Waals surface area contributed by atoms with Gasteiger partial charge in [0.25, 0.3) is 0 Å². The lowest BCUT2D eigenvalue weighted by Crippen LogP contribution is -2.24. The van der Waals surface area contributed by atoms with E-state index in [2.05, 4.69) is 191 Å². The predicted molar refractivity (Wildman–Crippen MR) is 281 cm³/mol. The van der Waals surface area contributed by atoms with E-state index in [-0.39, 0.29) is 34.9 Å². The highest BCUT2D eigenvalue weighted by Gasteiger charge is 2.31. The molecule has 0 radical (unpaired) electrons. The molecule has 0 amide bonds. The highest BCUT2D eigenvalue weighted by molar-refractivity contribution is 6.09. The number of pyridine rings is 1. The summed E-state index contributed by atoms with van der Waals surface area (Å²) in [5, 5.41) is 1.93. The van der Waals surface area contributed by atoms with Gasteiger partial charge in [0.05, 0.1) is 32.2 Å². The zero-order chi connectivity index (χ0) is 48.5. The summed E-state index contributed by atoms with van der Waals surface area (Å²) in [5.74, 6) is 1.51. The normalized spacial score (nSPS) is 13.4. The average molecular weight is 874 g/mol. The molecule has 0 aliphatic carbocycles. The third-order valence-corrected chi connectivity index (χ3v) is 13.0. The van der Waals surface area contributed by atoms with E-state index in [4.69, 9.17) is 9.72 Å². The molecule has 1 aliphatic heterocycles. The van der Waals surface area contributed by atoms with Gasteiger partial charge in [0, 0.05) is 51.5 Å². The number of fused-ring (bicyclic) bond motifs is 4. The van der Waals surface area contributed by atoms with Gasteiger partial charge in [0.1, 0.15) is 24.0 Å². The maximum Gasteiger partial charge on any atom is 0.137 e. The lowest BCUT2D eigenvalue weighted by atomic mass is 9.79. The molecule has 0 fully saturated rings. The van der Waals surface area contributed by atoms with Gasteiger partial charge in [-0.25, -0.2) is 4.98 Å². The zero-order valence-electron chi connectivity index (χ0n) is 41.8. The summed E-state index contributed by atoms with van der Waals surface area (Å²) >= 11 is 0. The molecule has 5 heteroatoms. The van der Waals surface area contributed by atoms with E-state index in [1.807, 2.05) is 53.1 Å². The Balaban J connectivity index is 0.972. The minimum absolute atomic E-state index is 0.0297. The van der Waals surface area contributed by atoms with Crippen molar-refractivity contribution in [3.8, 4) is 50.7 Å². The van der Waals surface area contributed by atoms with Crippen LogP contribution in [0.15, 0.2) is 206 Å². The number of anilines is 4. The quantitative estimate of drug-likeness (QED) is 0.152. The number of para-hydroxylation sites is 4. The second kappa shape index (κ2) is 16.5. The third kappa shape index (κ3) is 7.80. The molecular formula is C62H54N4O. The Morgan fingerprint density at radius 3 is 1.73 bits per heavy atom. The minimum Gasteiger partial charge on any atom is -0.457 e. The number of ether oxygens (including phenoxy) is 1. The monoisotopic (exact) mass is 873 g/mol. The molecule has 5 nitrogen and oxygen atoms in total. The van der Waals surface area contributed by atoms with Crippen LogP contribution in [0.2, 0.25) is 0 Å². The Morgan fingerprint density at radius 2 is 1.06 bits per heavy atom. The molecule has 10 aromatic rings. The third-order valence-electron chi connectivity index (χ3n) is 13.0. The van der Waals surface area contributed by atoms with E-state index in [0.717, 1.165) is 83.5 Å². The fourth-order valence-electron chi connectivity index (χ4n) is 9.42. The van der Waals surface area contributed by atoms with E-state index in [9.17, 15) is 4.11 Å². The highest BCUT2D eigenvalue weighted by Crippen LogP contribution is 2.50. The number of hydrogen-bond acceptors (Lipinski definition) is 4. The van der Waals surface area contributed by atoms with Crippen molar-refractivity contribution in [2.24, 2.45) is 0 Å². The minimum atomic E-state index is -0.162. The number of rotatable bonds is 8. The first-order valence-corrected chi connectivity index (χ1v) is 23.1. The molecule has 11 rings (SSSR count). The van der Waals surface area contributed by atoms with E-state index >= 15 is 0 Å². The predicted octanol–water partition coefficient (Wildman–Crippen LogP) is 16.8. The van der Waals surface area contributed by atoms with Crippen LogP contribution >= 0.6 is 0 Å². The van der Waals surface area contributed by atoms with Crippen LogP contribution in [0.5, 0.6) is 11.5 Å². The van der Waals surface area contributed by atoms with Crippen LogP contribution in [-0.4, -0.2) is 16.2 Å². The van der Waals surface area contributed by atoms with Crippen LogP contribution in [0.4, 0.5) is 22.7 Å². The van der Waals surface area contributed by atoms with Crippen molar-refractivity contribution < 1.29 is 8.85 Å². The van der Waals surface area contributed by atoms with Crippen molar-refractivity contribution in [1.29, 1.82) is 0 Å². The first kappa shape index (κ1) is 38.4. The van der Waals surface area contributed by atoms with E-state index < -0.39 is 0 Å². The van der Waals surface area contributed by atoms with E-state index in [1.54, 1.807) is 0 Å². The summed E-state index contributed by atoms with van der Waals surface area (Å²) in [6.45, 7) is 13.6. The number of nitrogens with zero attached hydrogens (tertiary/aromatic N) is 4. The molecule has 0 atom stereocenters. The fraction of sp³-hybridized carbons (Fsp3) is 0.145. The lowest BCUT2D eigenvalue weighted by molar-refractivity contribution is 0.483. The molecule has 8 aromatic carbocycles. The fourth-order valence-corrected chi connectivity index (χ4v) is 9.42. The topological polar surface area (TPSA) is 33.5 Å². The summed E-state index contributed by atoms with van der Waals surface area (Å²) in [6.07, 6.45) is -0.0426. The van der Waals surface area contributed by atoms with Crippen LogP contribution in [-0.2, 0) is 10.8 Å². The van der Waals surface area contributed by atoms with Gasteiger partial charge in [-0.05, 0) is 93.2 Å². The molecule has 0 unspecified atom stereocenters. The standard InChI is InChI=1S/C62H54N4O/c1-61(2,3)46-35-45(36-47(37-46)62(4,5)6)44-31-34-59(63-40-44)66-55-28-14-13-25-53(55)54-33-32-50(39-58(54)66)67-49-24-17-23-48(38-49)64-41-65(57-30-16-15-29-56(57)64)60-51(42-19-9-7-10-20-42)26-18-27-52(60)43-21-11-8-12-22-43/h7-40H,41H2,1-6H3/i31D,34D,40D. The summed E-state index contributed by atoms with van der Waals surface area (Å²) < 4.78 is 37.1. The van der Waals surface area contributed by atoms with Crippen molar-refractivity contribution in [2.45, 2.75) is 52.4 Å². The molecule has 0 saturated carbocycles. The van der Waals surface area contributed by atoms with Crippen molar-refractivity contribution in [3.05, 3.63) is 217 Å². The Hall–Kier alpha value is -7.89. The Labute approximate surface area is 398 Å². The number of hydrogen-bond donors (Lipinski definition) is 0. The Kier molecular flexibility index (Phi) is 9.46. The first-order valence-electron chi connectivity index (χ1n) is 24.6. The van der Waals surface area contributed by atoms with Gasteiger partial charge >= 0.3 is 0 Å². The zero-order valence-corrected chi connectivity index (χ0v) is 38.8. The van der Waals surface area contributed by atoms with Crippen LogP contribution in [0.25, 0.3) is 61.0 Å². The maximum absolute atomic E-state index is 9.54. The molecule has 2 aromatic heterocycles. The molecule has 0 saturated heterocycles. The molecule has 328 valence electrons. The van der Waals surface area contributed by atoms with Crippen LogP contribution in [0, 0.1) is 0 Å². The van der Waals surface area contributed by atoms with E-state index in [1.165, 1.54) is 0 Å². The Bertz CT molecular complexity index is 3540. The van der Waals surface area contributed by atoms with Crippen molar-refractivity contribution in [2.75, 3.05) is 16.5 Å². The second-order valence-electron chi connectivity index (χ2n) is 19.5. The van der Waals surface area contributed by atoms with Crippen LogP contribution in [0.3, 0.4) is 0 Å². The van der Waals surface area contributed by atoms with Crippen molar-refractivity contribution in [1.82, 2.24) is 9.55 Å². The second-order valence-corrected chi connectivity index (χ2v) is 19.5. The molecule has 0 bridgehead atoms. The smallest absolute Gasteiger partial charge is 0.137 e. The van der Waals surface area contributed by atoms with Gasteiger partial charge in [-0.3, -0.25) is 4.57 Å². The largest absolute Gasteiger partial charge is 0.457 e. The molecule has 0 spiro atoms. The molecular weight excluding hydrogens is 817 g/mol. The summed E-state index contributed by atoms with van der Waals surface area (Å²) in [4.78, 5) is 9.64. The van der Waals surface area contributed by atoms with Gasteiger partial charge in [0.15, 0.2) is 0 Å². The molecule has 3 heterocycles. The lowest BCUT2D eigenvalue weighted by Gasteiger charge is -2.27. The van der Waals surface area contributed by atoms with Crippen molar-refractivity contribution in [3.63, 3.8) is 0 Å². The van der Waals surface area contributed by atoms with Crippen molar-refractivity contribution >= 4 is 44.6 Å². The van der Waals surface area contributed by atoms with Gasteiger partial charge in [0.2, 0.25) is 0 Å². The SMILES string of the molecule is [2H]c1nc(-n2c3ccccc3c3ccc(Oc4cccc(N5CN(c6c(-c7ccccc7)cccc6-c6ccccc6)c6ccccc65)c4)cc32)c([2H])c([2H])c1-c1cc(C(C)(C)C)cc(C(C)(C)C)c1. The molecule has 67 heavy (non-hydrogen) atoms. The highest BCUT2D eigenvalue weighted by atomic mass is 16.5. The Morgan fingerprint density at radius 1 is 0.478 bits per heavy atom. The van der Waals surface area contributed by atoms with Gasteiger partial charge in [-0.1, -0.05) is 175 Å². The summed E-state index contributed by atoms with van der Waals surface area (Å²) in [6, 6.07) is 64.9. The average Bonchev–Trinajstić information content (AvgIpc) is 3.91. The number of aromatic nitrogens is 2. The molecule has 0 N–H and O–H groups in total. The van der Waals surface area contributed by atoms with Crippen LogP contribution < -0.4 is 14.5 Å². The van der Waals surface area contributed by atoms with E-state index in [0.29, 0.717) is 23.7 Å². The summed E-state index contributed by atoms with van der Waals surface area (Å²) in [5.41, 5.74) is 13.5. The van der Waals surface area contributed by atoms with Gasteiger partial charge in [-0.15, -0.1) is 0 Å². The van der Waals surface area contributed by atoms with Gasteiger partial charge in [-0.2, -0.15) is 0 Å². The molecule has 1 aliphatic rings. The summed E-state index contributed by atoms with van der Waals surface area (Å²) in [7, 11) is 0. The van der Waals surface area contributed by atoms with Crippen LogP contribution in [0.1, 0.15) is 56.8 Å². The maximum atomic E-state index is 9.54. The van der Waals surface area contributed by atoms with Gasteiger partial charge < -0.3 is 14.5 Å².